The van der Waals surface area contributed by atoms with E-state index in [1.54, 1.807) is 4.57 Å². The second-order valence-electron chi connectivity index (χ2n) is 11.4. The Morgan fingerprint density at radius 1 is 1.26 bits per heavy atom. The zero-order valence-electron chi connectivity index (χ0n) is 22.3. The highest BCUT2D eigenvalue weighted by molar-refractivity contribution is 5.89. The Morgan fingerprint density at radius 2 is 2.05 bits per heavy atom. The third-order valence-electron chi connectivity index (χ3n) is 9.48. The van der Waals surface area contributed by atoms with Crippen molar-refractivity contribution in [2.75, 3.05) is 13.7 Å². The summed E-state index contributed by atoms with van der Waals surface area (Å²) in [6.45, 7) is 3.38. The molecule has 0 amide bonds. The Labute approximate surface area is 223 Å². The number of aromatic nitrogens is 4. The molecule has 9 nitrogen and oxygen atoms in total. The number of carbonyl (C=O) groups is 1. The number of fused-ring (bicyclic) bond motifs is 5. The number of aliphatic hydroxyl groups is 1. The number of carbonyl (C=O) groups excluding carboxylic acids is 1. The van der Waals surface area contributed by atoms with Crippen molar-refractivity contribution >= 4 is 16.9 Å². The van der Waals surface area contributed by atoms with Crippen LogP contribution in [0.25, 0.3) is 10.9 Å². The first kappa shape index (κ1) is 24.9. The first-order chi connectivity index (χ1) is 18.5. The van der Waals surface area contributed by atoms with Crippen LogP contribution in [0.2, 0.25) is 0 Å². The van der Waals surface area contributed by atoms with Gasteiger partial charge in [-0.1, -0.05) is 43.2 Å². The first-order valence-corrected chi connectivity index (χ1v) is 14.0. The number of rotatable bonds is 6. The molecule has 1 aromatic carbocycles. The topological polar surface area (TPSA) is 109 Å². The fraction of sp³-hybridized carbons (Fsp3) is 0.586. The number of likely N-dealkylation sites (tertiary alicyclic amines) is 1. The molecule has 38 heavy (non-hydrogen) atoms. The van der Waals surface area contributed by atoms with Gasteiger partial charge in [-0.15, -0.1) is 5.10 Å². The fourth-order valence-electron chi connectivity index (χ4n) is 7.65. The quantitative estimate of drug-likeness (QED) is 0.383. The van der Waals surface area contributed by atoms with Crippen LogP contribution in [-0.4, -0.2) is 49.2 Å². The lowest BCUT2D eigenvalue weighted by Crippen LogP contribution is -2.58. The monoisotopic (exact) mass is 516 g/mol. The van der Waals surface area contributed by atoms with Crippen LogP contribution in [0.1, 0.15) is 87.2 Å². The maximum absolute atomic E-state index is 13.3. The van der Waals surface area contributed by atoms with Gasteiger partial charge in [-0.3, -0.25) is 4.68 Å². The molecule has 9 heteroatoms. The average Bonchev–Trinajstić information content (AvgIpc) is 3.70. The molecule has 0 radical (unpaired) electrons. The maximum Gasteiger partial charge on any atom is 0.359 e. The smallest absolute Gasteiger partial charge is 0.359 e. The highest BCUT2D eigenvalue weighted by Gasteiger charge is 2.59. The number of hydrogen-bond acceptors (Lipinski definition) is 7. The molecule has 0 unspecified atom stereocenters. The molecule has 3 atom stereocenters. The van der Waals surface area contributed by atoms with Gasteiger partial charge in [-0.05, 0) is 50.2 Å². The predicted molar refractivity (Wildman–Crippen MR) is 141 cm³/mol. The van der Waals surface area contributed by atoms with Crippen LogP contribution < -0.4 is 0 Å². The number of benzene rings is 1. The zero-order chi connectivity index (χ0) is 26.5. The van der Waals surface area contributed by atoms with Crippen molar-refractivity contribution in [2.45, 2.75) is 88.9 Å². The number of nitriles is 1. The summed E-state index contributed by atoms with van der Waals surface area (Å²) in [6.07, 6.45) is 12.6. The summed E-state index contributed by atoms with van der Waals surface area (Å²) in [5.41, 5.74) is 1.47. The standard InChI is InChI=1S/C29H36N6O3/c1-3-28-14-8-15-33(19-30)26(28)25-22(13-16-34-17-23(31-32-34)20-9-4-5-10-20)21-11-6-7-12-24(21)35(25)29(37,18-28)27(36)38-2/h6-7,11-12,17,20,26,37H,3-5,8-10,13-16,18H2,1-2H3/t26-,28+,29+/m1/s1. The Bertz CT molecular complexity index is 1400. The minimum atomic E-state index is -1.85. The van der Waals surface area contributed by atoms with Crippen molar-refractivity contribution in [1.82, 2.24) is 24.5 Å². The third-order valence-corrected chi connectivity index (χ3v) is 9.48. The highest BCUT2D eigenvalue weighted by atomic mass is 16.5. The van der Waals surface area contributed by atoms with E-state index in [4.69, 9.17) is 4.74 Å². The largest absolute Gasteiger partial charge is 0.465 e. The van der Waals surface area contributed by atoms with Crippen molar-refractivity contribution in [1.29, 1.82) is 5.26 Å². The van der Waals surface area contributed by atoms with Crippen molar-refractivity contribution < 1.29 is 14.6 Å². The molecule has 1 N–H and O–H groups in total. The minimum absolute atomic E-state index is 0.213. The second kappa shape index (κ2) is 9.42. The molecule has 200 valence electrons. The lowest BCUT2D eigenvalue weighted by atomic mass is 9.63. The summed E-state index contributed by atoms with van der Waals surface area (Å²) < 4.78 is 8.90. The van der Waals surface area contributed by atoms with Crippen molar-refractivity contribution in [3.63, 3.8) is 0 Å². The van der Waals surface area contributed by atoms with Crippen LogP contribution in [0.4, 0.5) is 0 Å². The number of piperidine rings is 1. The molecule has 2 aliphatic heterocycles. The number of nitrogens with zero attached hydrogens (tertiary/aromatic N) is 6. The summed E-state index contributed by atoms with van der Waals surface area (Å²) in [5.74, 6) is -0.164. The van der Waals surface area contributed by atoms with E-state index in [0.717, 1.165) is 47.1 Å². The van der Waals surface area contributed by atoms with Gasteiger partial charge in [0.2, 0.25) is 5.72 Å². The zero-order valence-corrected chi connectivity index (χ0v) is 22.3. The molecule has 3 aliphatic rings. The van der Waals surface area contributed by atoms with Gasteiger partial charge in [0, 0.05) is 48.1 Å². The van der Waals surface area contributed by atoms with Crippen molar-refractivity contribution in [3.05, 3.63) is 47.4 Å². The number of para-hydroxylation sites is 1. The predicted octanol–water partition coefficient (Wildman–Crippen LogP) is 4.37. The average molecular weight is 517 g/mol. The van der Waals surface area contributed by atoms with Crippen LogP contribution in [-0.2, 0) is 28.2 Å². The van der Waals surface area contributed by atoms with Crippen LogP contribution in [0.5, 0.6) is 0 Å². The highest BCUT2D eigenvalue weighted by Crippen LogP contribution is 2.59. The summed E-state index contributed by atoms with van der Waals surface area (Å²) in [4.78, 5) is 15.2. The Kier molecular flexibility index (Phi) is 6.18. The Balaban J connectivity index is 1.50. The van der Waals surface area contributed by atoms with E-state index >= 15 is 0 Å². The Morgan fingerprint density at radius 3 is 2.79 bits per heavy atom. The summed E-state index contributed by atoms with van der Waals surface area (Å²) in [6, 6.07) is 7.67. The second-order valence-corrected chi connectivity index (χ2v) is 11.4. The van der Waals surface area contributed by atoms with E-state index in [1.165, 1.54) is 32.8 Å². The number of hydrogen-bond donors (Lipinski definition) is 1. The number of ether oxygens (including phenoxy) is 1. The molecule has 1 aliphatic carbocycles. The molecule has 2 fully saturated rings. The van der Waals surface area contributed by atoms with Gasteiger partial charge in [-0.2, -0.15) is 5.26 Å². The minimum Gasteiger partial charge on any atom is -0.465 e. The van der Waals surface area contributed by atoms with Crippen LogP contribution in [0, 0.1) is 16.9 Å². The fourth-order valence-corrected chi connectivity index (χ4v) is 7.65. The Hall–Kier alpha value is -3.38. The van der Waals surface area contributed by atoms with Gasteiger partial charge in [0.05, 0.1) is 24.4 Å². The number of esters is 1. The van der Waals surface area contributed by atoms with Gasteiger partial charge < -0.3 is 19.3 Å². The van der Waals surface area contributed by atoms with E-state index in [9.17, 15) is 15.2 Å². The van der Waals surface area contributed by atoms with Crippen molar-refractivity contribution in [3.8, 4) is 6.19 Å². The number of aryl methyl sites for hydroxylation is 2. The molecule has 3 aromatic rings. The lowest BCUT2D eigenvalue weighted by molar-refractivity contribution is -0.191. The van der Waals surface area contributed by atoms with Crippen LogP contribution in [0.3, 0.4) is 0 Å². The summed E-state index contributed by atoms with van der Waals surface area (Å²) >= 11 is 0. The molecule has 0 bridgehead atoms. The summed E-state index contributed by atoms with van der Waals surface area (Å²) in [7, 11) is 1.33. The summed E-state index contributed by atoms with van der Waals surface area (Å²) in [5, 5.41) is 32.3. The van der Waals surface area contributed by atoms with Gasteiger partial charge in [0.1, 0.15) is 0 Å². The molecule has 1 saturated carbocycles. The third kappa shape index (κ3) is 3.64. The van der Waals surface area contributed by atoms with E-state index < -0.39 is 17.1 Å². The van der Waals surface area contributed by atoms with Crippen LogP contribution >= 0.6 is 0 Å². The van der Waals surface area contributed by atoms with E-state index in [-0.39, 0.29) is 12.5 Å². The molecule has 4 heterocycles. The van der Waals surface area contributed by atoms with E-state index in [1.807, 2.05) is 33.8 Å². The van der Waals surface area contributed by atoms with Crippen molar-refractivity contribution in [2.24, 2.45) is 5.41 Å². The number of methoxy groups -OCH3 is 1. The molecular formula is C29H36N6O3. The SMILES string of the molecule is CC[C@@]12CCCN(C#N)[C@@H]1c1c(CCn3cc(C4CCCC4)nn3)c3ccccc3n1[C@@](O)(C(=O)OC)C2. The van der Waals surface area contributed by atoms with Gasteiger partial charge in [-0.25, -0.2) is 4.79 Å². The lowest BCUT2D eigenvalue weighted by Gasteiger charge is -2.55. The van der Waals surface area contributed by atoms with Gasteiger partial charge in [0.15, 0.2) is 6.19 Å². The maximum atomic E-state index is 13.3. The van der Waals surface area contributed by atoms with Gasteiger partial charge in [0.25, 0.3) is 0 Å². The van der Waals surface area contributed by atoms with E-state index in [2.05, 4.69) is 29.6 Å². The first-order valence-electron chi connectivity index (χ1n) is 14.0. The van der Waals surface area contributed by atoms with Crippen LogP contribution in [0.15, 0.2) is 30.5 Å². The molecular weight excluding hydrogens is 480 g/mol. The van der Waals surface area contributed by atoms with Gasteiger partial charge >= 0.3 is 5.97 Å². The van der Waals surface area contributed by atoms with E-state index in [0.29, 0.717) is 25.4 Å². The molecule has 0 spiro atoms. The molecule has 2 aromatic heterocycles. The molecule has 6 rings (SSSR count). The normalized spacial score (nSPS) is 27.2. The molecule has 1 saturated heterocycles.